The summed E-state index contributed by atoms with van der Waals surface area (Å²) in [4.78, 5) is 8.99. The van der Waals surface area contributed by atoms with Crippen LogP contribution in [0, 0.1) is 0 Å². The van der Waals surface area contributed by atoms with Crippen LogP contribution in [0.2, 0.25) is 0 Å². The first-order chi connectivity index (χ1) is 10.9. The lowest BCUT2D eigenvalue weighted by Gasteiger charge is -1.97. The zero-order valence-electron chi connectivity index (χ0n) is 12.1. The van der Waals surface area contributed by atoms with Gasteiger partial charge in [0.1, 0.15) is 0 Å². The van der Waals surface area contributed by atoms with Crippen LogP contribution in [0.25, 0.3) is 0 Å². The van der Waals surface area contributed by atoms with Crippen molar-refractivity contribution in [3.63, 3.8) is 0 Å². The standard InChI is InChI=1S/C20H16N2/c1-3-8-17(9-4-1)15-21-19-12-7-13-20(14-19)22-16-18-10-5-2-6-11-18/h1-16H/b21-15+,22-16+. The predicted octanol–water partition coefficient (Wildman–Crippen LogP) is 5.19. The van der Waals surface area contributed by atoms with E-state index in [-0.39, 0.29) is 0 Å². The Morgan fingerprint density at radius 3 is 1.41 bits per heavy atom. The fourth-order valence-electron chi connectivity index (χ4n) is 2.03. The Morgan fingerprint density at radius 2 is 0.955 bits per heavy atom. The van der Waals surface area contributed by atoms with Gasteiger partial charge in [0.05, 0.1) is 11.4 Å². The van der Waals surface area contributed by atoms with Crippen molar-refractivity contribution in [2.75, 3.05) is 0 Å². The van der Waals surface area contributed by atoms with E-state index < -0.39 is 0 Å². The topological polar surface area (TPSA) is 24.7 Å². The van der Waals surface area contributed by atoms with Gasteiger partial charge in [-0.1, -0.05) is 66.7 Å². The molecule has 0 aliphatic carbocycles. The highest BCUT2D eigenvalue weighted by Gasteiger charge is 1.92. The first kappa shape index (κ1) is 14.0. The third-order valence-electron chi connectivity index (χ3n) is 3.15. The molecule has 0 N–H and O–H groups in total. The third kappa shape index (κ3) is 4.00. The van der Waals surface area contributed by atoms with Gasteiger partial charge in [-0.25, -0.2) is 0 Å². The van der Waals surface area contributed by atoms with Crippen LogP contribution in [0.1, 0.15) is 11.1 Å². The lowest BCUT2D eigenvalue weighted by atomic mass is 10.2. The molecule has 0 saturated carbocycles. The molecule has 0 aliphatic rings. The molecule has 3 rings (SSSR count). The smallest absolute Gasteiger partial charge is 0.0651 e. The second-order valence-corrected chi connectivity index (χ2v) is 4.86. The molecule has 0 unspecified atom stereocenters. The highest BCUT2D eigenvalue weighted by molar-refractivity contribution is 5.83. The first-order valence-electron chi connectivity index (χ1n) is 7.18. The third-order valence-corrected chi connectivity index (χ3v) is 3.15. The Bertz CT molecular complexity index is 710. The summed E-state index contributed by atoms with van der Waals surface area (Å²) in [5, 5.41) is 0. The molecule has 3 aromatic rings. The van der Waals surface area contributed by atoms with Gasteiger partial charge in [-0.15, -0.1) is 0 Å². The number of nitrogens with zero attached hydrogens (tertiary/aromatic N) is 2. The summed E-state index contributed by atoms with van der Waals surface area (Å²) in [7, 11) is 0. The largest absolute Gasteiger partial charge is 0.256 e. The van der Waals surface area contributed by atoms with E-state index in [0.717, 1.165) is 22.5 Å². The molecule has 0 amide bonds. The van der Waals surface area contributed by atoms with E-state index in [1.165, 1.54) is 0 Å². The van der Waals surface area contributed by atoms with Gasteiger partial charge in [0.2, 0.25) is 0 Å². The maximum Gasteiger partial charge on any atom is 0.0651 e. The molecule has 0 saturated heterocycles. The van der Waals surface area contributed by atoms with Crippen molar-refractivity contribution in [2.24, 2.45) is 9.98 Å². The normalized spacial score (nSPS) is 11.3. The summed E-state index contributed by atoms with van der Waals surface area (Å²) < 4.78 is 0. The van der Waals surface area contributed by atoms with Gasteiger partial charge in [0.25, 0.3) is 0 Å². The van der Waals surface area contributed by atoms with E-state index >= 15 is 0 Å². The summed E-state index contributed by atoms with van der Waals surface area (Å²) in [6, 6.07) is 28.0. The fourth-order valence-corrected chi connectivity index (χ4v) is 2.03. The predicted molar refractivity (Wildman–Crippen MR) is 93.8 cm³/mol. The molecule has 22 heavy (non-hydrogen) atoms. The van der Waals surface area contributed by atoms with Gasteiger partial charge >= 0.3 is 0 Å². The molecule has 0 heterocycles. The molecule has 0 aliphatic heterocycles. The number of rotatable bonds is 4. The molecule has 2 heteroatoms. The quantitative estimate of drug-likeness (QED) is 0.589. The molecule has 2 nitrogen and oxygen atoms in total. The minimum atomic E-state index is 0.895. The average molecular weight is 284 g/mol. The van der Waals surface area contributed by atoms with Gasteiger partial charge in [-0.3, -0.25) is 9.98 Å². The lowest BCUT2D eigenvalue weighted by Crippen LogP contribution is -1.79. The van der Waals surface area contributed by atoms with Crippen molar-refractivity contribution in [1.82, 2.24) is 0 Å². The van der Waals surface area contributed by atoms with Crippen molar-refractivity contribution < 1.29 is 0 Å². The van der Waals surface area contributed by atoms with Crippen LogP contribution in [0.5, 0.6) is 0 Å². The van der Waals surface area contributed by atoms with E-state index in [4.69, 9.17) is 0 Å². The lowest BCUT2D eigenvalue weighted by molar-refractivity contribution is 1.47. The number of aliphatic imine (C=N–C) groups is 2. The van der Waals surface area contributed by atoms with Crippen LogP contribution >= 0.6 is 0 Å². The van der Waals surface area contributed by atoms with Crippen molar-refractivity contribution in [1.29, 1.82) is 0 Å². The Balaban J connectivity index is 1.75. The SMILES string of the molecule is C(=N\c1cccc(/N=C/c2ccccc2)c1)/c1ccccc1. The molecular weight excluding hydrogens is 268 g/mol. The van der Waals surface area contributed by atoms with Crippen LogP contribution < -0.4 is 0 Å². The molecule has 3 aromatic carbocycles. The first-order valence-corrected chi connectivity index (χ1v) is 7.18. The zero-order chi connectivity index (χ0) is 15.0. The molecule has 0 bridgehead atoms. The summed E-state index contributed by atoms with van der Waals surface area (Å²) in [5.41, 5.74) is 3.96. The average Bonchev–Trinajstić information content (AvgIpc) is 2.60. The van der Waals surface area contributed by atoms with Crippen LogP contribution in [0.15, 0.2) is 94.9 Å². The molecule has 0 fully saturated rings. The molecular formula is C20H16N2. The highest BCUT2D eigenvalue weighted by atomic mass is 14.7. The van der Waals surface area contributed by atoms with E-state index in [2.05, 4.69) is 9.98 Å². The van der Waals surface area contributed by atoms with Gasteiger partial charge in [0, 0.05) is 12.4 Å². The van der Waals surface area contributed by atoms with E-state index in [1.807, 2.05) is 97.4 Å². The number of benzene rings is 3. The summed E-state index contributed by atoms with van der Waals surface area (Å²) in [6.45, 7) is 0. The number of hydrogen-bond donors (Lipinski definition) is 0. The molecule has 0 spiro atoms. The Kier molecular flexibility index (Phi) is 4.53. The highest BCUT2D eigenvalue weighted by Crippen LogP contribution is 2.20. The van der Waals surface area contributed by atoms with Gasteiger partial charge < -0.3 is 0 Å². The van der Waals surface area contributed by atoms with E-state index in [9.17, 15) is 0 Å². The summed E-state index contributed by atoms with van der Waals surface area (Å²) >= 11 is 0. The fraction of sp³-hybridized carbons (Fsp3) is 0. The van der Waals surface area contributed by atoms with Crippen LogP contribution in [-0.2, 0) is 0 Å². The Labute approximate surface area is 130 Å². The Morgan fingerprint density at radius 1 is 0.500 bits per heavy atom. The van der Waals surface area contributed by atoms with Crippen LogP contribution in [0.3, 0.4) is 0 Å². The van der Waals surface area contributed by atoms with Gasteiger partial charge in [-0.05, 0) is 29.3 Å². The molecule has 106 valence electrons. The molecule has 0 atom stereocenters. The number of hydrogen-bond acceptors (Lipinski definition) is 2. The summed E-state index contributed by atoms with van der Waals surface area (Å²) in [5.74, 6) is 0. The van der Waals surface area contributed by atoms with Crippen molar-refractivity contribution >= 4 is 23.8 Å². The minimum Gasteiger partial charge on any atom is -0.256 e. The second kappa shape index (κ2) is 7.14. The molecule has 0 radical (unpaired) electrons. The second-order valence-electron chi connectivity index (χ2n) is 4.86. The van der Waals surface area contributed by atoms with Crippen LogP contribution in [0.4, 0.5) is 11.4 Å². The van der Waals surface area contributed by atoms with Gasteiger partial charge in [0.15, 0.2) is 0 Å². The maximum absolute atomic E-state index is 4.49. The Hall–Kier alpha value is -3.00. The summed E-state index contributed by atoms with van der Waals surface area (Å²) in [6.07, 6.45) is 3.72. The van der Waals surface area contributed by atoms with Crippen molar-refractivity contribution in [3.05, 3.63) is 96.1 Å². The maximum atomic E-state index is 4.49. The zero-order valence-corrected chi connectivity index (χ0v) is 12.1. The van der Waals surface area contributed by atoms with E-state index in [0.29, 0.717) is 0 Å². The monoisotopic (exact) mass is 284 g/mol. The van der Waals surface area contributed by atoms with Crippen molar-refractivity contribution in [3.8, 4) is 0 Å². The minimum absolute atomic E-state index is 0.895. The van der Waals surface area contributed by atoms with E-state index in [1.54, 1.807) is 0 Å². The van der Waals surface area contributed by atoms with Crippen LogP contribution in [-0.4, -0.2) is 12.4 Å². The molecule has 0 aromatic heterocycles. The van der Waals surface area contributed by atoms with Crippen molar-refractivity contribution in [2.45, 2.75) is 0 Å². The van der Waals surface area contributed by atoms with Gasteiger partial charge in [-0.2, -0.15) is 0 Å².